The van der Waals surface area contributed by atoms with Gasteiger partial charge in [-0.2, -0.15) is 0 Å². The number of rotatable bonds is 7. The van der Waals surface area contributed by atoms with Gasteiger partial charge in [0.2, 0.25) is 5.88 Å². The fourth-order valence-corrected chi connectivity index (χ4v) is 2.30. The average Bonchev–Trinajstić information content (AvgIpc) is 2.58. The molecule has 1 heterocycles. The first-order valence-corrected chi connectivity index (χ1v) is 7.73. The summed E-state index contributed by atoms with van der Waals surface area (Å²) < 4.78 is 5.54. The van der Waals surface area contributed by atoms with Crippen LogP contribution in [-0.4, -0.2) is 34.1 Å². The molecule has 0 aliphatic heterocycles. The molecule has 0 radical (unpaired) electrons. The minimum absolute atomic E-state index is 0.138. The molecule has 1 aromatic heterocycles. The van der Waals surface area contributed by atoms with Crippen LogP contribution in [0.2, 0.25) is 5.02 Å². The minimum Gasteiger partial charge on any atom is -0.472 e. The smallest absolute Gasteiger partial charge is 0.271 e. The van der Waals surface area contributed by atoms with E-state index in [1.54, 1.807) is 6.07 Å². The van der Waals surface area contributed by atoms with Crippen LogP contribution in [0, 0.1) is 0 Å². The van der Waals surface area contributed by atoms with Crippen molar-refractivity contribution in [1.29, 1.82) is 0 Å². The van der Waals surface area contributed by atoms with Gasteiger partial charge in [0.05, 0.1) is 19.0 Å². The number of benzene rings is 1. The fraction of sp³-hybridized carbons (Fsp3) is 0.267. The van der Waals surface area contributed by atoms with Crippen molar-refractivity contribution in [2.75, 3.05) is 13.2 Å². The van der Waals surface area contributed by atoms with E-state index in [-0.39, 0.29) is 31.3 Å². The summed E-state index contributed by atoms with van der Waals surface area (Å²) in [4.78, 5) is 19.6. The molecule has 2 aromatic rings. The van der Waals surface area contributed by atoms with E-state index in [1.165, 1.54) is 12.4 Å². The predicted molar refractivity (Wildman–Crippen MR) is 86.8 cm³/mol. The van der Waals surface area contributed by atoms with Gasteiger partial charge in [0.25, 0.3) is 5.91 Å². The van der Waals surface area contributed by atoms with Crippen molar-refractivity contribution in [2.45, 2.75) is 12.5 Å². The van der Waals surface area contributed by atoms with Crippen molar-refractivity contribution >= 4 is 29.1 Å². The summed E-state index contributed by atoms with van der Waals surface area (Å²) >= 11 is 12.0. The Morgan fingerprint density at radius 2 is 2.13 bits per heavy atom. The summed E-state index contributed by atoms with van der Waals surface area (Å²) in [5.41, 5.74) is 1.81. The van der Waals surface area contributed by atoms with E-state index in [9.17, 15) is 4.79 Å². The second kappa shape index (κ2) is 8.67. The number of alkyl halides is 1. The van der Waals surface area contributed by atoms with Crippen LogP contribution in [0.1, 0.15) is 21.6 Å². The van der Waals surface area contributed by atoms with Crippen LogP contribution >= 0.6 is 23.2 Å². The molecule has 0 saturated carbocycles. The molecule has 1 aromatic carbocycles. The molecule has 0 atom stereocenters. The summed E-state index contributed by atoms with van der Waals surface area (Å²) in [6, 6.07) is 5.46. The Hall–Kier alpha value is -1.89. The quantitative estimate of drug-likeness (QED) is 0.743. The Kier molecular flexibility index (Phi) is 6.58. The summed E-state index contributed by atoms with van der Waals surface area (Å²) in [7, 11) is 0. The Labute approximate surface area is 143 Å². The highest BCUT2D eigenvalue weighted by Crippen LogP contribution is 2.23. The minimum atomic E-state index is -0.409. The van der Waals surface area contributed by atoms with Gasteiger partial charge in [-0.25, -0.2) is 9.97 Å². The Balaban J connectivity index is 2.01. The number of carbonyl (C=O) groups is 1. The lowest BCUT2D eigenvalue weighted by Crippen LogP contribution is -2.27. The monoisotopic (exact) mass is 355 g/mol. The van der Waals surface area contributed by atoms with Crippen molar-refractivity contribution in [3.63, 3.8) is 0 Å². The topological polar surface area (TPSA) is 84.3 Å². The number of hydrogen-bond acceptors (Lipinski definition) is 5. The lowest BCUT2D eigenvalue weighted by atomic mass is 10.1. The van der Waals surface area contributed by atoms with Crippen LogP contribution in [0.25, 0.3) is 0 Å². The molecule has 0 bridgehead atoms. The number of halogens is 2. The summed E-state index contributed by atoms with van der Waals surface area (Å²) in [5, 5.41) is 11.7. The zero-order chi connectivity index (χ0) is 16.7. The first-order chi connectivity index (χ1) is 11.2. The normalized spacial score (nSPS) is 10.4. The van der Waals surface area contributed by atoms with Crippen molar-refractivity contribution < 1.29 is 14.6 Å². The van der Waals surface area contributed by atoms with Crippen LogP contribution in [0.15, 0.2) is 30.6 Å². The standard InChI is InChI=1S/C15H15Cl2N3O3/c16-6-10-2-1-3-12(17)11(10)9-23-14-8-19-13(7-20-14)15(22)18-4-5-21/h1-3,7-8,21H,4-6,9H2,(H,18,22). The maximum atomic E-state index is 11.6. The van der Waals surface area contributed by atoms with Gasteiger partial charge in [-0.3, -0.25) is 4.79 Å². The summed E-state index contributed by atoms with van der Waals surface area (Å²) in [5.74, 6) is 0.187. The molecule has 0 aliphatic carbocycles. The molecule has 0 unspecified atom stereocenters. The molecule has 2 rings (SSSR count). The highest BCUT2D eigenvalue weighted by atomic mass is 35.5. The number of amides is 1. The number of hydrogen-bond donors (Lipinski definition) is 2. The van der Waals surface area contributed by atoms with Crippen molar-refractivity contribution in [2.24, 2.45) is 0 Å². The highest BCUT2D eigenvalue weighted by Gasteiger charge is 2.10. The van der Waals surface area contributed by atoms with Crippen molar-refractivity contribution in [3.05, 3.63) is 52.4 Å². The lowest BCUT2D eigenvalue weighted by Gasteiger charge is -2.10. The maximum Gasteiger partial charge on any atom is 0.271 e. The van der Waals surface area contributed by atoms with Gasteiger partial charge in [0.15, 0.2) is 0 Å². The van der Waals surface area contributed by atoms with E-state index in [1.807, 2.05) is 12.1 Å². The number of aliphatic hydroxyl groups excluding tert-OH is 1. The molecular weight excluding hydrogens is 341 g/mol. The number of carbonyl (C=O) groups excluding carboxylic acids is 1. The summed E-state index contributed by atoms with van der Waals surface area (Å²) in [6.45, 7) is 0.222. The molecule has 6 nitrogen and oxygen atoms in total. The number of ether oxygens (including phenoxy) is 1. The molecule has 0 fully saturated rings. The van der Waals surface area contributed by atoms with Crippen LogP contribution in [0.4, 0.5) is 0 Å². The third kappa shape index (κ3) is 4.79. The number of aromatic nitrogens is 2. The lowest BCUT2D eigenvalue weighted by molar-refractivity contribution is 0.0939. The van der Waals surface area contributed by atoms with E-state index in [0.29, 0.717) is 10.9 Å². The molecule has 23 heavy (non-hydrogen) atoms. The second-order valence-electron chi connectivity index (χ2n) is 4.52. The van der Waals surface area contributed by atoms with Gasteiger partial charge in [-0.15, -0.1) is 11.6 Å². The third-order valence-electron chi connectivity index (χ3n) is 2.98. The van der Waals surface area contributed by atoms with E-state index >= 15 is 0 Å². The first-order valence-electron chi connectivity index (χ1n) is 6.82. The average molecular weight is 356 g/mol. The van der Waals surface area contributed by atoms with Gasteiger partial charge >= 0.3 is 0 Å². The second-order valence-corrected chi connectivity index (χ2v) is 5.19. The van der Waals surface area contributed by atoms with Crippen LogP contribution in [-0.2, 0) is 12.5 Å². The van der Waals surface area contributed by atoms with Crippen LogP contribution < -0.4 is 10.1 Å². The highest BCUT2D eigenvalue weighted by molar-refractivity contribution is 6.31. The zero-order valence-corrected chi connectivity index (χ0v) is 13.6. The Morgan fingerprint density at radius 1 is 1.30 bits per heavy atom. The number of aliphatic hydroxyl groups is 1. The zero-order valence-electron chi connectivity index (χ0n) is 12.1. The molecule has 0 aliphatic rings. The largest absolute Gasteiger partial charge is 0.472 e. The third-order valence-corrected chi connectivity index (χ3v) is 3.62. The van der Waals surface area contributed by atoms with E-state index < -0.39 is 5.91 Å². The van der Waals surface area contributed by atoms with Gasteiger partial charge in [-0.1, -0.05) is 23.7 Å². The van der Waals surface area contributed by atoms with E-state index in [2.05, 4.69) is 15.3 Å². The van der Waals surface area contributed by atoms with Crippen molar-refractivity contribution in [3.8, 4) is 5.88 Å². The number of nitrogens with one attached hydrogen (secondary N) is 1. The first kappa shape index (κ1) is 17.5. The molecule has 1 amide bonds. The molecule has 0 spiro atoms. The predicted octanol–water partition coefficient (Wildman–Crippen LogP) is 2.17. The van der Waals surface area contributed by atoms with Gasteiger partial charge in [0, 0.05) is 23.0 Å². The molecule has 8 heteroatoms. The Bertz CT molecular complexity index is 666. The Morgan fingerprint density at radius 3 is 2.78 bits per heavy atom. The van der Waals surface area contributed by atoms with Gasteiger partial charge in [0.1, 0.15) is 12.3 Å². The maximum absolute atomic E-state index is 11.6. The number of nitrogens with zero attached hydrogens (tertiary/aromatic N) is 2. The SMILES string of the molecule is O=C(NCCO)c1cnc(OCc2c(Cl)cccc2CCl)cn1. The fourth-order valence-electron chi connectivity index (χ4n) is 1.80. The van der Waals surface area contributed by atoms with Crippen LogP contribution in [0.3, 0.4) is 0 Å². The van der Waals surface area contributed by atoms with Crippen LogP contribution in [0.5, 0.6) is 5.88 Å². The van der Waals surface area contributed by atoms with E-state index in [0.717, 1.165) is 11.1 Å². The van der Waals surface area contributed by atoms with E-state index in [4.69, 9.17) is 33.0 Å². The molecular formula is C15H15Cl2N3O3. The molecule has 122 valence electrons. The molecule has 2 N–H and O–H groups in total. The van der Waals surface area contributed by atoms with Gasteiger partial charge in [-0.05, 0) is 11.6 Å². The van der Waals surface area contributed by atoms with Gasteiger partial charge < -0.3 is 15.2 Å². The summed E-state index contributed by atoms with van der Waals surface area (Å²) in [6.07, 6.45) is 2.65. The van der Waals surface area contributed by atoms with Crippen molar-refractivity contribution in [1.82, 2.24) is 15.3 Å². The molecule has 0 saturated heterocycles.